The second-order valence-electron chi connectivity index (χ2n) is 6.59. The van der Waals surface area contributed by atoms with Crippen molar-refractivity contribution >= 4 is 5.91 Å². The number of amides is 1. The zero-order valence-electron chi connectivity index (χ0n) is 14.1. The van der Waals surface area contributed by atoms with Crippen molar-refractivity contribution in [1.29, 1.82) is 0 Å². The minimum absolute atomic E-state index is 0.381. The fourth-order valence-electron chi connectivity index (χ4n) is 3.67. The van der Waals surface area contributed by atoms with Crippen molar-refractivity contribution in [2.45, 2.75) is 25.4 Å². The first-order valence-corrected chi connectivity index (χ1v) is 8.73. The van der Waals surface area contributed by atoms with Gasteiger partial charge in [-0.05, 0) is 54.8 Å². The molecule has 2 N–H and O–H groups in total. The minimum atomic E-state index is -0.387. The van der Waals surface area contributed by atoms with Gasteiger partial charge in [0.2, 0.25) is 5.91 Å². The van der Waals surface area contributed by atoms with Crippen molar-refractivity contribution in [3.05, 3.63) is 59.2 Å². The summed E-state index contributed by atoms with van der Waals surface area (Å²) in [5, 5.41) is 0. The molecule has 0 aliphatic carbocycles. The minimum Gasteiger partial charge on any atom is -0.486 e. The van der Waals surface area contributed by atoms with E-state index >= 15 is 0 Å². The SMILES string of the molecule is NC(=O)c1ccc(CN2CCCC2c2ccc3c(c2)OCCO3)cc1. The summed E-state index contributed by atoms with van der Waals surface area (Å²) >= 11 is 0. The van der Waals surface area contributed by atoms with E-state index in [-0.39, 0.29) is 5.91 Å². The number of likely N-dealkylation sites (tertiary alicyclic amines) is 1. The highest BCUT2D eigenvalue weighted by molar-refractivity contribution is 5.92. The van der Waals surface area contributed by atoms with Gasteiger partial charge in [-0.2, -0.15) is 0 Å². The highest BCUT2D eigenvalue weighted by Crippen LogP contribution is 2.38. The number of hydrogen-bond donors (Lipinski definition) is 1. The van der Waals surface area contributed by atoms with Crippen LogP contribution in [0.5, 0.6) is 11.5 Å². The molecule has 2 aliphatic heterocycles. The van der Waals surface area contributed by atoms with Crippen molar-refractivity contribution in [3.8, 4) is 11.5 Å². The van der Waals surface area contributed by atoms with Crippen LogP contribution in [0.3, 0.4) is 0 Å². The highest BCUT2D eigenvalue weighted by Gasteiger charge is 2.27. The average Bonchev–Trinajstić information content (AvgIpc) is 3.10. The number of carbonyl (C=O) groups is 1. The van der Waals surface area contributed by atoms with Crippen LogP contribution in [0.25, 0.3) is 0 Å². The summed E-state index contributed by atoms with van der Waals surface area (Å²) in [6.07, 6.45) is 2.32. The number of nitrogens with two attached hydrogens (primary N) is 1. The van der Waals surface area contributed by atoms with Gasteiger partial charge in [0, 0.05) is 18.2 Å². The summed E-state index contributed by atoms with van der Waals surface area (Å²) in [5.41, 5.74) is 8.32. The largest absolute Gasteiger partial charge is 0.486 e. The highest BCUT2D eigenvalue weighted by atomic mass is 16.6. The van der Waals surface area contributed by atoms with Gasteiger partial charge in [-0.25, -0.2) is 0 Å². The Hall–Kier alpha value is -2.53. The van der Waals surface area contributed by atoms with Crippen LogP contribution in [0.15, 0.2) is 42.5 Å². The van der Waals surface area contributed by atoms with Gasteiger partial charge in [-0.3, -0.25) is 9.69 Å². The quantitative estimate of drug-likeness (QED) is 0.931. The predicted octanol–water partition coefficient (Wildman–Crippen LogP) is 2.89. The van der Waals surface area contributed by atoms with E-state index in [9.17, 15) is 4.79 Å². The predicted molar refractivity (Wildman–Crippen MR) is 94.8 cm³/mol. The van der Waals surface area contributed by atoms with Gasteiger partial charge >= 0.3 is 0 Å². The van der Waals surface area contributed by atoms with Crippen molar-refractivity contribution < 1.29 is 14.3 Å². The topological polar surface area (TPSA) is 64.8 Å². The van der Waals surface area contributed by atoms with Crippen LogP contribution >= 0.6 is 0 Å². The summed E-state index contributed by atoms with van der Waals surface area (Å²) in [6.45, 7) is 3.15. The molecule has 2 aliphatic rings. The maximum Gasteiger partial charge on any atom is 0.248 e. The van der Waals surface area contributed by atoms with Gasteiger partial charge in [0.15, 0.2) is 11.5 Å². The number of carbonyl (C=O) groups excluding carboxylic acids is 1. The molecule has 25 heavy (non-hydrogen) atoms. The Balaban J connectivity index is 1.51. The molecule has 5 nitrogen and oxygen atoms in total. The van der Waals surface area contributed by atoms with Crippen LogP contribution in [-0.2, 0) is 6.54 Å². The third kappa shape index (κ3) is 3.33. The van der Waals surface area contributed by atoms with Crippen molar-refractivity contribution in [2.24, 2.45) is 5.73 Å². The van der Waals surface area contributed by atoms with Crippen LogP contribution in [0, 0.1) is 0 Å². The molecule has 0 spiro atoms. The number of hydrogen-bond acceptors (Lipinski definition) is 4. The molecule has 130 valence electrons. The lowest BCUT2D eigenvalue weighted by molar-refractivity contribution is 0.100. The van der Waals surface area contributed by atoms with E-state index in [4.69, 9.17) is 15.2 Å². The normalized spacial score (nSPS) is 19.8. The fourth-order valence-corrected chi connectivity index (χ4v) is 3.67. The number of rotatable bonds is 4. The summed E-state index contributed by atoms with van der Waals surface area (Å²) < 4.78 is 11.3. The van der Waals surface area contributed by atoms with Crippen LogP contribution in [0.2, 0.25) is 0 Å². The second-order valence-corrected chi connectivity index (χ2v) is 6.59. The lowest BCUT2D eigenvalue weighted by Crippen LogP contribution is -2.23. The lowest BCUT2D eigenvalue weighted by Gasteiger charge is -2.26. The van der Waals surface area contributed by atoms with Crippen molar-refractivity contribution in [3.63, 3.8) is 0 Å². The molecule has 0 bridgehead atoms. The molecule has 1 atom stereocenters. The van der Waals surface area contributed by atoms with Gasteiger partial charge in [-0.1, -0.05) is 18.2 Å². The van der Waals surface area contributed by atoms with Gasteiger partial charge in [0.1, 0.15) is 13.2 Å². The molecule has 0 radical (unpaired) electrons. The van der Waals surface area contributed by atoms with Gasteiger partial charge in [0.25, 0.3) is 0 Å². The number of nitrogens with zero attached hydrogens (tertiary/aromatic N) is 1. The number of benzene rings is 2. The van der Waals surface area contributed by atoms with Crippen LogP contribution in [-0.4, -0.2) is 30.6 Å². The van der Waals surface area contributed by atoms with E-state index in [1.807, 2.05) is 18.2 Å². The molecule has 1 fully saturated rings. The Morgan fingerprint density at radius 1 is 1.08 bits per heavy atom. The van der Waals surface area contributed by atoms with Crippen LogP contribution < -0.4 is 15.2 Å². The monoisotopic (exact) mass is 338 g/mol. The maximum absolute atomic E-state index is 11.2. The molecule has 1 unspecified atom stereocenters. The summed E-state index contributed by atoms with van der Waals surface area (Å²) in [5.74, 6) is 1.30. The van der Waals surface area contributed by atoms with E-state index in [0.29, 0.717) is 24.8 Å². The van der Waals surface area contributed by atoms with Gasteiger partial charge in [-0.15, -0.1) is 0 Å². The molecule has 5 heteroatoms. The molecule has 2 aromatic carbocycles. The van der Waals surface area contributed by atoms with E-state index in [0.717, 1.165) is 31.0 Å². The van der Waals surface area contributed by atoms with E-state index in [1.54, 1.807) is 12.1 Å². The molecule has 1 saturated heterocycles. The van der Waals surface area contributed by atoms with E-state index in [1.165, 1.54) is 17.5 Å². The van der Waals surface area contributed by atoms with Crippen molar-refractivity contribution in [1.82, 2.24) is 4.90 Å². The van der Waals surface area contributed by atoms with Crippen LogP contribution in [0.4, 0.5) is 0 Å². The molecular formula is C20H22N2O3. The molecule has 4 rings (SSSR count). The number of primary amides is 1. The standard InChI is InChI=1S/C20H22N2O3/c21-20(23)15-5-3-14(4-6-15)13-22-9-1-2-17(22)16-7-8-18-19(12-16)25-11-10-24-18/h3-8,12,17H,1-2,9-11,13H2,(H2,21,23). The average molecular weight is 338 g/mol. The Morgan fingerprint density at radius 3 is 2.60 bits per heavy atom. The van der Waals surface area contributed by atoms with Crippen molar-refractivity contribution in [2.75, 3.05) is 19.8 Å². The zero-order chi connectivity index (χ0) is 17.2. The fraction of sp³-hybridized carbons (Fsp3) is 0.350. The second kappa shape index (κ2) is 6.76. The van der Waals surface area contributed by atoms with Gasteiger partial charge in [0.05, 0.1) is 0 Å². The zero-order valence-corrected chi connectivity index (χ0v) is 14.1. The molecular weight excluding hydrogens is 316 g/mol. The number of fused-ring (bicyclic) bond motifs is 1. The molecule has 2 heterocycles. The molecule has 1 amide bonds. The summed E-state index contributed by atoms with van der Waals surface area (Å²) in [7, 11) is 0. The lowest BCUT2D eigenvalue weighted by atomic mass is 10.0. The molecule has 0 saturated carbocycles. The Kier molecular flexibility index (Phi) is 4.32. The van der Waals surface area contributed by atoms with E-state index < -0.39 is 0 Å². The Labute approximate surface area is 147 Å². The third-order valence-corrected chi connectivity index (χ3v) is 4.94. The Morgan fingerprint density at radius 2 is 1.84 bits per heavy atom. The van der Waals surface area contributed by atoms with E-state index in [2.05, 4.69) is 17.0 Å². The third-order valence-electron chi connectivity index (χ3n) is 4.94. The first-order valence-electron chi connectivity index (χ1n) is 8.73. The number of ether oxygens (including phenoxy) is 2. The van der Waals surface area contributed by atoms with Gasteiger partial charge < -0.3 is 15.2 Å². The first-order chi connectivity index (χ1) is 12.2. The summed E-state index contributed by atoms with van der Waals surface area (Å²) in [6, 6.07) is 14.2. The molecule has 2 aromatic rings. The van der Waals surface area contributed by atoms with Crippen LogP contribution in [0.1, 0.15) is 40.4 Å². The summed E-state index contributed by atoms with van der Waals surface area (Å²) in [4.78, 5) is 13.7. The smallest absolute Gasteiger partial charge is 0.248 e. The molecule has 0 aromatic heterocycles. The first kappa shape index (κ1) is 16.0. The maximum atomic E-state index is 11.2. The Bertz CT molecular complexity index is 773.